The fourth-order valence-corrected chi connectivity index (χ4v) is 2.92. The van der Waals surface area contributed by atoms with Gasteiger partial charge in [-0.1, -0.05) is 48.5 Å². The maximum Gasteiger partial charge on any atom is 0.251 e. The molecular formula is C20H20N2O3. The second-order valence-corrected chi connectivity index (χ2v) is 6.13. The van der Waals surface area contributed by atoms with Crippen molar-refractivity contribution in [3.05, 3.63) is 71.8 Å². The van der Waals surface area contributed by atoms with Gasteiger partial charge in [0.2, 0.25) is 5.91 Å². The molecule has 1 N–H and O–H groups in total. The second kappa shape index (κ2) is 7.75. The molecule has 0 saturated carbocycles. The van der Waals surface area contributed by atoms with Crippen LogP contribution in [0, 0.1) is 0 Å². The summed E-state index contributed by atoms with van der Waals surface area (Å²) in [5.74, 6) is -0.444. The summed E-state index contributed by atoms with van der Waals surface area (Å²) >= 11 is 0. The smallest absolute Gasteiger partial charge is 0.251 e. The Morgan fingerprint density at radius 2 is 1.64 bits per heavy atom. The zero-order valence-corrected chi connectivity index (χ0v) is 13.9. The number of rotatable bonds is 5. The van der Waals surface area contributed by atoms with E-state index in [1.807, 2.05) is 36.4 Å². The molecule has 25 heavy (non-hydrogen) atoms. The van der Waals surface area contributed by atoms with Gasteiger partial charge in [0, 0.05) is 24.9 Å². The number of carbonyl (C=O) groups excluding carboxylic acids is 3. The molecule has 3 rings (SSSR count). The first-order chi connectivity index (χ1) is 12.1. The fraction of sp³-hybridized carbons (Fsp3) is 0.250. The van der Waals surface area contributed by atoms with E-state index < -0.39 is 6.04 Å². The number of amides is 2. The summed E-state index contributed by atoms with van der Waals surface area (Å²) < 4.78 is 0. The van der Waals surface area contributed by atoms with Gasteiger partial charge >= 0.3 is 0 Å². The first-order valence-electron chi connectivity index (χ1n) is 8.34. The lowest BCUT2D eigenvalue weighted by Gasteiger charge is -2.23. The van der Waals surface area contributed by atoms with Crippen LogP contribution in [-0.4, -0.2) is 41.6 Å². The van der Waals surface area contributed by atoms with Crippen LogP contribution < -0.4 is 5.32 Å². The van der Waals surface area contributed by atoms with E-state index in [-0.39, 0.29) is 24.1 Å². The molecule has 0 spiro atoms. The van der Waals surface area contributed by atoms with E-state index >= 15 is 0 Å². The van der Waals surface area contributed by atoms with Crippen LogP contribution in [-0.2, 0) is 16.0 Å². The highest BCUT2D eigenvalue weighted by molar-refractivity contribution is 5.98. The van der Waals surface area contributed by atoms with E-state index in [1.54, 1.807) is 24.3 Å². The highest BCUT2D eigenvalue weighted by Gasteiger charge is 2.31. The SMILES string of the molecule is O=C1CCN(C(=O)[C@H](Cc2ccccc2)NC(=O)c2ccccc2)C1. The molecule has 5 heteroatoms. The summed E-state index contributed by atoms with van der Waals surface area (Å²) in [5.41, 5.74) is 1.46. The van der Waals surface area contributed by atoms with E-state index in [2.05, 4.69) is 5.32 Å². The van der Waals surface area contributed by atoms with Crippen LogP contribution in [0.2, 0.25) is 0 Å². The standard InChI is InChI=1S/C20H20N2O3/c23-17-11-12-22(14-17)20(25)18(13-15-7-3-1-4-8-15)21-19(24)16-9-5-2-6-10-16/h1-10,18H,11-14H2,(H,21,24)/t18-/m0/s1. The van der Waals surface area contributed by atoms with E-state index in [0.29, 0.717) is 24.9 Å². The highest BCUT2D eigenvalue weighted by atomic mass is 16.2. The highest BCUT2D eigenvalue weighted by Crippen LogP contribution is 2.11. The number of carbonyl (C=O) groups is 3. The summed E-state index contributed by atoms with van der Waals surface area (Å²) in [6.45, 7) is 0.551. The number of likely N-dealkylation sites (tertiary alicyclic amines) is 1. The van der Waals surface area contributed by atoms with Gasteiger partial charge < -0.3 is 10.2 Å². The molecule has 0 aliphatic carbocycles. The van der Waals surface area contributed by atoms with E-state index in [1.165, 1.54) is 4.90 Å². The van der Waals surface area contributed by atoms with Crippen molar-refractivity contribution in [1.29, 1.82) is 0 Å². The Morgan fingerprint density at radius 3 is 2.24 bits per heavy atom. The van der Waals surface area contributed by atoms with Crippen LogP contribution in [0.15, 0.2) is 60.7 Å². The van der Waals surface area contributed by atoms with Gasteiger partial charge in [-0.3, -0.25) is 14.4 Å². The van der Waals surface area contributed by atoms with Gasteiger partial charge in [0.05, 0.1) is 6.54 Å². The molecule has 5 nitrogen and oxygen atoms in total. The van der Waals surface area contributed by atoms with E-state index in [9.17, 15) is 14.4 Å². The average Bonchev–Trinajstić information content (AvgIpc) is 3.08. The quantitative estimate of drug-likeness (QED) is 0.906. The molecule has 1 aliphatic rings. The zero-order chi connectivity index (χ0) is 17.6. The molecule has 2 aromatic rings. The zero-order valence-electron chi connectivity index (χ0n) is 13.9. The molecule has 0 radical (unpaired) electrons. The number of hydrogen-bond acceptors (Lipinski definition) is 3. The number of Topliss-reactive ketones (excluding diaryl/α,β-unsaturated/α-hetero) is 1. The Morgan fingerprint density at radius 1 is 1.00 bits per heavy atom. The minimum Gasteiger partial charge on any atom is -0.340 e. The maximum absolute atomic E-state index is 12.8. The van der Waals surface area contributed by atoms with Crippen molar-refractivity contribution in [2.24, 2.45) is 0 Å². The van der Waals surface area contributed by atoms with Gasteiger partial charge in [0.25, 0.3) is 5.91 Å². The number of nitrogens with zero attached hydrogens (tertiary/aromatic N) is 1. The van der Waals surface area contributed by atoms with Crippen LogP contribution in [0.4, 0.5) is 0 Å². The summed E-state index contributed by atoms with van der Waals surface area (Å²) in [4.78, 5) is 38.3. The predicted octanol–water partition coefficient (Wildman–Crippen LogP) is 1.83. The van der Waals surface area contributed by atoms with Gasteiger partial charge in [0.15, 0.2) is 5.78 Å². The van der Waals surface area contributed by atoms with Gasteiger partial charge in [-0.2, -0.15) is 0 Å². The number of benzene rings is 2. The van der Waals surface area contributed by atoms with Crippen molar-refractivity contribution in [1.82, 2.24) is 10.2 Å². The molecule has 2 aromatic carbocycles. The van der Waals surface area contributed by atoms with Crippen molar-refractivity contribution < 1.29 is 14.4 Å². The summed E-state index contributed by atoms with van der Waals surface area (Å²) in [7, 11) is 0. The van der Waals surface area contributed by atoms with Crippen molar-refractivity contribution in [2.75, 3.05) is 13.1 Å². The van der Waals surface area contributed by atoms with Crippen molar-refractivity contribution in [3.8, 4) is 0 Å². The van der Waals surface area contributed by atoms with Crippen LogP contribution in [0.3, 0.4) is 0 Å². The molecule has 128 valence electrons. The van der Waals surface area contributed by atoms with E-state index in [0.717, 1.165) is 5.56 Å². The number of nitrogens with one attached hydrogen (secondary N) is 1. The molecule has 0 aromatic heterocycles. The van der Waals surface area contributed by atoms with Crippen molar-refractivity contribution in [2.45, 2.75) is 18.9 Å². The second-order valence-electron chi connectivity index (χ2n) is 6.13. The minimum atomic E-state index is -0.694. The Hall–Kier alpha value is -2.95. The Bertz CT molecular complexity index is 759. The van der Waals surface area contributed by atoms with Crippen LogP contribution >= 0.6 is 0 Å². The average molecular weight is 336 g/mol. The first-order valence-corrected chi connectivity index (χ1v) is 8.34. The number of hydrogen-bond donors (Lipinski definition) is 1. The number of ketones is 1. The molecule has 1 heterocycles. The van der Waals surface area contributed by atoms with Gasteiger partial charge in [-0.05, 0) is 17.7 Å². The Kier molecular flexibility index (Phi) is 5.23. The third-order valence-corrected chi connectivity index (χ3v) is 4.26. The van der Waals surface area contributed by atoms with Gasteiger partial charge in [-0.15, -0.1) is 0 Å². The summed E-state index contributed by atoms with van der Waals surface area (Å²) in [6, 6.07) is 17.7. The lowest BCUT2D eigenvalue weighted by molar-refractivity contribution is -0.133. The molecule has 0 bridgehead atoms. The lowest BCUT2D eigenvalue weighted by atomic mass is 10.0. The Balaban J connectivity index is 1.77. The molecule has 1 aliphatic heterocycles. The molecule has 1 saturated heterocycles. The normalized spacial score (nSPS) is 15.0. The molecular weight excluding hydrogens is 316 g/mol. The third kappa shape index (κ3) is 4.32. The van der Waals surface area contributed by atoms with Gasteiger partial charge in [-0.25, -0.2) is 0 Å². The third-order valence-electron chi connectivity index (χ3n) is 4.26. The molecule has 2 amide bonds. The Labute approximate surface area is 146 Å². The van der Waals surface area contributed by atoms with Crippen molar-refractivity contribution in [3.63, 3.8) is 0 Å². The van der Waals surface area contributed by atoms with E-state index in [4.69, 9.17) is 0 Å². The van der Waals surface area contributed by atoms with Gasteiger partial charge in [0.1, 0.15) is 6.04 Å². The fourth-order valence-electron chi connectivity index (χ4n) is 2.92. The monoisotopic (exact) mass is 336 g/mol. The summed E-state index contributed by atoms with van der Waals surface area (Å²) in [6.07, 6.45) is 0.777. The lowest BCUT2D eigenvalue weighted by Crippen LogP contribution is -2.49. The van der Waals surface area contributed by atoms with Crippen molar-refractivity contribution >= 4 is 17.6 Å². The van der Waals surface area contributed by atoms with Crippen LogP contribution in [0.1, 0.15) is 22.3 Å². The minimum absolute atomic E-state index is 0.0567. The molecule has 1 atom stereocenters. The van der Waals surface area contributed by atoms with Crippen LogP contribution in [0.25, 0.3) is 0 Å². The summed E-state index contributed by atoms with van der Waals surface area (Å²) in [5, 5.41) is 2.83. The maximum atomic E-state index is 12.8. The first kappa shape index (κ1) is 16.9. The van der Waals surface area contributed by atoms with Crippen LogP contribution in [0.5, 0.6) is 0 Å². The molecule has 0 unspecified atom stereocenters. The topological polar surface area (TPSA) is 66.5 Å². The predicted molar refractivity (Wildman–Crippen MR) is 94.0 cm³/mol. The molecule has 1 fully saturated rings. The largest absolute Gasteiger partial charge is 0.340 e.